The summed E-state index contributed by atoms with van der Waals surface area (Å²) in [6.07, 6.45) is 0. The van der Waals surface area contributed by atoms with Gasteiger partial charge in [-0.15, -0.1) is 0 Å². The highest BCUT2D eigenvalue weighted by atomic mass is 28.3. The molecule has 21 heavy (non-hydrogen) atoms. The molecule has 0 saturated heterocycles. The van der Waals surface area contributed by atoms with Crippen molar-refractivity contribution in [1.82, 2.24) is 0 Å². The summed E-state index contributed by atoms with van der Waals surface area (Å²) in [5.41, 5.74) is 2.27. The average molecular weight is 304 g/mol. The van der Waals surface area contributed by atoms with E-state index in [0.717, 1.165) is 11.3 Å². The molecule has 1 aliphatic heterocycles. The van der Waals surface area contributed by atoms with Crippen LogP contribution >= 0.6 is 0 Å². The number of rotatable bonds is 3. The highest BCUT2D eigenvalue weighted by Crippen LogP contribution is 2.44. The highest BCUT2D eigenvalue weighted by molar-refractivity contribution is 6.90. The molecule has 1 heterocycles. The number of fused-ring (bicyclic) bond motifs is 1. The van der Waals surface area contributed by atoms with Crippen molar-refractivity contribution in [3.8, 4) is 0 Å². The first-order valence-electron chi connectivity index (χ1n) is 7.35. The number of anilines is 1. The van der Waals surface area contributed by atoms with Gasteiger partial charge in [0.1, 0.15) is 6.61 Å². The van der Waals surface area contributed by atoms with E-state index in [4.69, 9.17) is 4.84 Å². The van der Waals surface area contributed by atoms with Gasteiger partial charge in [0.25, 0.3) is 5.91 Å². The van der Waals surface area contributed by atoms with Gasteiger partial charge in [-0.2, -0.15) is 0 Å². The number of carbonyl (C=O) groups is 1. The summed E-state index contributed by atoms with van der Waals surface area (Å²) < 4.78 is 1.99. The van der Waals surface area contributed by atoms with E-state index >= 15 is 0 Å². The fourth-order valence-corrected chi connectivity index (χ4v) is 4.39. The van der Waals surface area contributed by atoms with Crippen molar-refractivity contribution in [2.75, 3.05) is 11.2 Å². The van der Waals surface area contributed by atoms with Gasteiger partial charge in [0, 0.05) is 11.3 Å². The predicted molar refractivity (Wildman–Crippen MR) is 89.3 cm³/mol. The Labute approximate surface area is 127 Å². The Morgan fingerprint density at radius 2 is 1.86 bits per heavy atom. The van der Waals surface area contributed by atoms with Gasteiger partial charge in [-0.3, -0.25) is 4.79 Å². The Balaban J connectivity index is 2.58. The predicted octanol–water partition coefficient (Wildman–Crippen LogP) is 3.78. The molecule has 0 saturated carbocycles. The fourth-order valence-electron chi connectivity index (χ4n) is 2.31. The van der Waals surface area contributed by atoms with Crippen LogP contribution in [-0.4, -0.2) is 26.5 Å². The maximum atomic E-state index is 12.9. The number of hydrogen-bond donors (Lipinski definition) is 0. The molecule has 1 aromatic carbocycles. The monoisotopic (exact) mass is 304 g/mol. The van der Waals surface area contributed by atoms with Crippen LogP contribution in [0.2, 0.25) is 18.1 Å². The zero-order chi connectivity index (χ0) is 15.8. The topological polar surface area (TPSA) is 41.9 Å². The quantitative estimate of drug-likeness (QED) is 0.630. The minimum atomic E-state index is -2.02. The average Bonchev–Trinajstić information content (AvgIpc) is 2.67. The minimum absolute atomic E-state index is 0.0313. The summed E-state index contributed by atoms with van der Waals surface area (Å²) in [7, 11) is -2.02. The molecule has 0 atom stereocenters. The molecule has 0 aliphatic carbocycles. The van der Waals surface area contributed by atoms with Gasteiger partial charge >= 0.3 is 0 Å². The van der Waals surface area contributed by atoms with Gasteiger partial charge in [0.05, 0.1) is 0 Å². The molecule has 2 rings (SSSR count). The second-order valence-corrected chi connectivity index (χ2v) is 11.9. The SMILES string of the molecule is CCO/N=C1\C(=O)N([Si](C)(C)C(C)(C)C)c2ccccc21. The number of oxime groups is 1. The number of amides is 1. The summed E-state index contributed by atoms with van der Waals surface area (Å²) in [6.45, 7) is 13.4. The first-order chi connectivity index (χ1) is 9.71. The van der Waals surface area contributed by atoms with Crippen molar-refractivity contribution >= 4 is 25.5 Å². The van der Waals surface area contributed by atoms with Crippen LogP contribution < -0.4 is 4.57 Å². The van der Waals surface area contributed by atoms with Gasteiger partial charge in [-0.05, 0) is 18.0 Å². The van der Waals surface area contributed by atoms with Crippen molar-refractivity contribution < 1.29 is 9.63 Å². The number of nitrogens with zero attached hydrogens (tertiary/aromatic N) is 2. The van der Waals surface area contributed by atoms with Crippen LogP contribution in [0.15, 0.2) is 29.4 Å². The van der Waals surface area contributed by atoms with Crippen LogP contribution in [0.1, 0.15) is 33.3 Å². The number of carbonyl (C=O) groups excluding carboxylic acids is 1. The first-order valence-corrected chi connectivity index (χ1v) is 10.3. The van der Waals surface area contributed by atoms with Gasteiger partial charge in [0.15, 0.2) is 13.9 Å². The number of hydrogen-bond acceptors (Lipinski definition) is 3. The Bertz CT molecular complexity index is 588. The van der Waals surface area contributed by atoms with E-state index in [-0.39, 0.29) is 10.9 Å². The lowest BCUT2D eigenvalue weighted by Gasteiger charge is -2.43. The second-order valence-electron chi connectivity index (χ2n) is 6.82. The number of benzene rings is 1. The lowest BCUT2D eigenvalue weighted by Crippen LogP contribution is -2.57. The van der Waals surface area contributed by atoms with Crippen molar-refractivity contribution in [3.63, 3.8) is 0 Å². The zero-order valence-corrected chi connectivity index (χ0v) is 14.7. The van der Waals surface area contributed by atoms with E-state index in [1.807, 2.05) is 35.8 Å². The summed E-state index contributed by atoms with van der Waals surface area (Å²) in [5, 5.41) is 4.12. The molecule has 0 bridgehead atoms. The third-order valence-corrected chi connectivity index (χ3v) is 9.72. The molecule has 114 valence electrons. The van der Waals surface area contributed by atoms with E-state index in [0.29, 0.717) is 12.3 Å². The van der Waals surface area contributed by atoms with Crippen LogP contribution in [0.3, 0.4) is 0 Å². The zero-order valence-electron chi connectivity index (χ0n) is 13.7. The second kappa shape index (κ2) is 5.29. The molecule has 1 aliphatic rings. The van der Waals surface area contributed by atoms with Gasteiger partial charge in [-0.1, -0.05) is 57.2 Å². The third-order valence-electron chi connectivity index (χ3n) is 4.49. The summed E-state index contributed by atoms with van der Waals surface area (Å²) in [4.78, 5) is 18.1. The summed E-state index contributed by atoms with van der Waals surface area (Å²) in [5.74, 6) is -0.0313. The molecule has 0 spiro atoms. The van der Waals surface area contributed by atoms with Crippen molar-refractivity contribution in [3.05, 3.63) is 29.8 Å². The molecule has 0 fully saturated rings. The molecular formula is C16H24N2O2Si. The van der Waals surface area contributed by atoms with Gasteiger partial charge < -0.3 is 9.40 Å². The Kier molecular flexibility index (Phi) is 3.97. The summed E-state index contributed by atoms with van der Waals surface area (Å²) in [6, 6.07) is 7.85. The molecule has 5 heteroatoms. The molecule has 0 radical (unpaired) electrons. The van der Waals surface area contributed by atoms with Gasteiger partial charge in [-0.25, -0.2) is 0 Å². The summed E-state index contributed by atoms with van der Waals surface area (Å²) >= 11 is 0. The Morgan fingerprint density at radius 3 is 2.43 bits per heavy atom. The molecule has 0 aromatic heterocycles. The smallest absolute Gasteiger partial charge is 0.273 e. The standard InChI is InChI=1S/C16H24N2O2Si/c1-7-20-17-14-12-10-8-9-11-13(12)18(15(14)19)21(5,6)16(2,3)4/h8-11H,7H2,1-6H3/b17-14-. The maximum absolute atomic E-state index is 12.9. The Hall–Kier alpha value is -1.62. The van der Waals surface area contributed by atoms with Crippen LogP contribution in [0, 0.1) is 0 Å². The lowest BCUT2D eigenvalue weighted by atomic mass is 10.1. The first kappa shape index (κ1) is 15.8. The Morgan fingerprint density at radius 1 is 1.24 bits per heavy atom. The fraction of sp³-hybridized carbons (Fsp3) is 0.500. The molecule has 0 N–H and O–H groups in total. The van der Waals surface area contributed by atoms with Crippen LogP contribution in [0.5, 0.6) is 0 Å². The van der Waals surface area contributed by atoms with E-state index in [1.165, 1.54) is 0 Å². The third kappa shape index (κ3) is 2.50. The maximum Gasteiger partial charge on any atom is 0.273 e. The normalized spacial score (nSPS) is 17.3. The molecule has 1 amide bonds. The van der Waals surface area contributed by atoms with E-state index in [2.05, 4.69) is 39.0 Å². The van der Waals surface area contributed by atoms with Crippen LogP contribution in [-0.2, 0) is 9.63 Å². The van der Waals surface area contributed by atoms with Crippen molar-refractivity contribution in [2.45, 2.75) is 45.8 Å². The van der Waals surface area contributed by atoms with E-state index in [1.54, 1.807) is 0 Å². The number of para-hydroxylation sites is 1. The molecule has 0 unspecified atom stereocenters. The largest absolute Gasteiger partial charge is 0.395 e. The molecule has 4 nitrogen and oxygen atoms in total. The van der Waals surface area contributed by atoms with E-state index < -0.39 is 8.24 Å². The van der Waals surface area contributed by atoms with Crippen molar-refractivity contribution in [1.29, 1.82) is 0 Å². The minimum Gasteiger partial charge on any atom is -0.395 e. The van der Waals surface area contributed by atoms with Crippen LogP contribution in [0.25, 0.3) is 0 Å². The van der Waals surface area contributed by atoms with E-state index in [9.17, 15) is 4.79 Å². The molecular weight excluding hydrogens is 280 g/mol. The van der Waals surface area contributed by atoms with Crippen molar-refractivity contribution in [2.24, 2.45) is 5.16 Å². The molecule has 1 aromatic rings. The van der Waals surface area contributed by atoms with Gasteiger partial charge in [0.2, 0.25) is 0 Å². The highest BCUT2D eigenvalue weighted by Gasteiger charge is 2.49. The lowest BCUT2D eigenvalue weighted by molar-refractivity contribution is -0.111. The van der Waals surface area contributed by atoms with Crippen LogP contribution in [0.4, 0.5) is 5.69 Å².